The van der Waals surface area contributed by atoms with Crippen molar-refractivity contribution in [2.45, 2.75) is 33.6 Å². The number of benzene rings is 1. The van der Waals surface area contributed by atoms with Gasteiger partial charge in [-0.1, -0.05) is 19.1 Å². The second kappa shape index (κ2) is 6.34. The van der Waals surface area contributed by atoms with E-state index in [1.165, 1.54) is 11.1 Å². The van der Waals surface area contributed by atoms with Crippen LogP contribution in [-0.2, 0) is 6.42 Å². The van der Waals surface area contributed by atoms with Crippen LogP contribution in [0.5, 0.6) is 0 Å². The number of nitrogens with zero attached hydrogens (tertiary/aromatic N) is 2. The molecule has 0 spiro atoms. The van der Waals surface area contributed by atoms with Crippen LogP contribution in [0.1, 0.15) is 30.3 Å². The fourth-order valence-corrected chi connectivity index (χ4v) is 1.98. The highest BCUT2D eigenvalue weighted by Gasteiger charge is 2.05. The predicted octanol–water partition coefficient (Wildman–Crippen LogP) is 3.08. The summed E-state index contributed by atoms with van der Waals surface area (Å²) in [5.41, 5.74) is 6.02. The molecule has 2 rings (SSSR count). The minimum Gasteiger partial charge on any atom is -0.340 e. The summed E-state index contributed by atoms with van der Waals surface area (Å²) < 4.78 is 0. The van der Waals surface area contributed by atoms with Crippen LogP contribution in [0.4, 0.5) is 17.3 Å². The van der Waals surface area contributed by atoms with Crippen LogP contribution in [0.2, 0.25) is 0 Å². The minimum atomic E-state index is 0.622. The van der Waals surface area contributed by atoms with E-state index in [0.29, 0.717) is 5.82 Å². The Kier molecular flexibility index (Phi) is 4.53. The van der Waals surface area contributed by atoms with Gasteiger partial charge in [-0.05, 0) is 37.5 Å². The lowest BCUT2D eigenvalue weighted by molar-refractivity contribution is 0.837. The second-order valence-electron chi connectivity index (χ2n) is 4.89. The van der Waals surface area contributed by atoms with Gasteiger partial charge in [-0.2, -0.15) is 0 Å². The van der Waals surface area contributed by atoms with Gasteiger partial charge in [0.1, 0.15) is 17.5 Å². The van der Waals surface area contributed by atoms with Gasteiger partial charge in [-0.15, -0.1) is 0 Å². The summed E-state index contributed by atoms with van der Waals surface area (Å²) in [6, 6.07) is 8.09. The third-order valence-corrected chi connectivity index (χ3v) is 3.05. The predicted molar refractivity (Wildman–Crippen MR) is 83.0 cm³/mol. The van der Waals surface area contributed by atoms with Crippen molar-refractivity contribution in [1.82, 2.24) is 9.97 Å². The molecular weight excluding hydrogens is 250 g/mol. The molecule has 0 saturated heterocycles. The summed E-state index contributed by atoms with van der Waals surface area (Å²) >= 11 is 0. The average Bonchev–Trinajstić information content (AvgIpc) is 2.43. The van der Waals surface area contributed by atoms with Gasteiger partial charge >= 0.3 is 0 Å². The zero-order chi connectivity index (χ0) is 14.5. The smallest absolute Gasteiger partial charge is 0.145 e. The van der Waals surface area contributed by atoms with Crippen molar-refractivity contribution >= 4 is 17.3 Å². The Hall–Kier alpha value is -2.14. The highest BCUT2D eigenvalue weighted by molar-refractivity contribution is 5.63. The van der Waals surface area contributed by atoms with Crippen molar-refractivity contribution in [2.75, 3.05) is 10.7 Å². The normalized spacial score (nSPS) is 10.4. The maximum atomic E-state index is 5.46. The van der Waals surface area contributed by atoms with E-state index < -0.39 is 0 Å². The van der Waals surface area contributed by atoms with Gasteiger partial charge in [0.15, 0.2) is 0 Å². The van der Waals surface area contributed by atoms with E-state index in [9.17, 15) is 0 Å². The lowest BCUT2D eigenvalue weighted by Crippen LogP contribution is -2.11. The Morgan fingerprint density at radius 2 is 1.85 bits per heavy atom. The van der Waals surface area contributed by atoms with Crippen molar-refractivity contribution < 1.29 is 0 Å². The Bertz CT molecular complexity index is 595. The van der Waals surface area contributed by atoms with E-state index >= 15 is 0 Å². The van der Waals surface area contributed by atoms with Crippen LogP contribution in [-0.4, -0.2) is 9.97 Å². The number of nitrogens with two attached hydrogens (primary N) is 1. The Morgan fingerprint density at radius 3 is 2.55 bits per heavy atom. The number of aryl methyl sites for hydroxylation is 3. The van der Waals surface area contributed by atoms with Crippen molar-refractivity contribution in [3.63, 3.8) is 0 Å². The van der Waals surface area contributed by atoms with Crippen LogP contribution in [0.15, 0.2) is 24.3 Å². The molecule has 4 N–H and O–H groups in total. The highest BCUT2D eigenvalue weighted by Crippen LogP contribution is 2.22. The van der Waals surface area contributed by atoms with Crippen LogP contribution in [0, 0.1) is 13.8 Å². The zero-order valence-electron chi connectivity index (χ0n) is 12.2. The summed E-state index contributed by atoms with van der Waals surface area (Å²) in [7, 11) is 0. The van der Waals surface area contributed by atoms with Gasteiger partial charge in [0.25, 0.3) is 0 Å². The number of hydrazine groups is 1. The quantitative estimate of drug-likeness (QED) is 0.575. The zero-order valence-corrected chi connectivity index (χ0v) is 12.2. The van der Waals surface area contributed by atoms with Crippen LogP contribution in [0.3, 0.4) is 0 Å². The maximum absolute atomic E-state index is 5.46. The van der Waals surface area contributed by atoms with E-state index in [4.69, 9.17) is 5.84 Å². The minimum absolute atomic E-state index is 0.622. The van der Waals surface area contributed by atoms with Crippen molar-refractivity contribution in [3.8, 4) is 0 Å². The molecule has 0 fully saturated rings. The van der Waals surface area contributed by atoms with Crippen molar-refractivity contribution in [3.05, 3.63) is 41.2 Å². The molecule has 0 aliphatic carbocycles. The van der Waals surface area contributed by atoms with Gasteiger partial charge in [0.2, 0.25) is 0 Å². The van der Waals surface area contributed by atoms with E-state index in [1.54, 1.807) is 6.07 Å². The first-order valence-corrected chi connectivity index (χ1v) is 6.81. The third-order valence-electron chi connectivity index (χ3n) is 3.05. The Labute approximate surface area is 119 Å². The fourth-order valence-electron chi connectivity index (χ4n) is 1.98. The first-order valence-electron chi connectivity index (χ1n) is 6.81. The van der Waals surface area contributed by atoms with E-state index in [2.05, 4.69) is 59.7 Å². The first kappa shape index (κ1) is 14.3. The monoisotopic (exact) mass is 271 g/mol. The standard InChI is InChI=1S/C15H21N5/c1-4-5-13-18-14(9-15(19-13)20-16)17-12-8-10(2)6-7-11(12)3/h6-9H,4-5,16H2,1-3H3,(H2,17,18,19,20). The van der Waals surface area contributed by atoms with Crippen molar-refractivity contribution in [1.29, 1.82) is 0 Å². The molecule has 0 unspecified atom stereocenters. The third kappa shape index (κ3) is 3.45. The molecule has 106 valence electrons. The molecule has 5 heteroatoms. The summed E-state index contributed by atoms with van der Waals surface area (Å²) in [6.07, 6.45) is 1.83. The number of rotatable bonds is 5. The molecule has 0 bridgehead atoms. The van der Waals surface area contributed by atoms with Gasteiger partial charge in [-0.3, -0.25) is 0 Å². The summed E-state index contributed by atoms with van der Waals surface area (Å²) in [5.74, 6) is 7.63. The Morgan fingerprint density at radius 1 is 1.10 bits per heavy atom. The van der Waals surface area contributed by atoms with Crippen LogP contribution in [0.25, 0.3) is 0 Å². The highest BCUT2D eigenvalue weighted by atomic mass is 15.3. The van der Waals surface area contributed by atoms with Gasteiger partial charge < -0.3 is 10.7 Å². The summed E-state index contributed by atoms with van der Waals surface area (Å²) in [6.45, 7) is 6.24. The van der Waals surface area contributed by atoms with E-state index in [0.717, 1.165) is 30.2 Å². The Balaban J connectivity index is 2.32. The molecular formula is C15H21N5. The van der Waals surface area contributed by atoms with E-state index in [-0.39, 0.29) is 0 Å². The maximum Gasteiger partial charge on any atom is 0.145 e. The number of aromatic nitrogens is 2. The fraction of sp³-hybridized carbons (Fsp3) is 0.333. The average molecular weight is 271 g/mol. The molecule has 0 aliphatic rings. The summed E-state index contributed by atoms with van der Waals surface area (Å²) in [5, 5.41) is 3.34. The number of nitrogens with one attached hydrogen (secondary N) is 2. The molecule has 1 aromatic carbocycles. The number of hydrogen-bond acceptors (Lipinski definition) is 5. The van der Waals surface area contributed by atoms with Gasteiger partial charge in [-0.25, -0.2) is 15.8 Å². The number of anilines is 3. The molecule has 0 saturated carbocycles. The number of nitrogen functional groups attached to an aromatic ring is 1. The second-order valence-corrected chi connectivity index (χ2v) is 4.89. The summed E-state index contributed by atoms with van der Waals surface area (Å²) in [4.78, 5) is 8.86. The molecule has 2 aromatic rings. The first-order chi connectivity index (χ1) is 9.62. The number of hydrogen-bond donors (Lipinski definition) is 3. The van der Waals surface area contributed by atoms with Gasteiger partial charge in [0.05, 0.1) is 0 Å². The molecule has 5 nitrogen and oxygen atoms in total. The largest absolute Gasteiger partial charge is 0.340 e. The lowest BCUT2D eigenvalue weighted by Gasteiger charge is -2.12. The van der Waals surface area contributed by atoms with E-state index in [1.807, 2.05) is 0 Å². The molecule has 0 atom stereocenters. The lowest BCUT2D eigenvalue weighted by atomic mass is 10.1. The SMILES string of the molecule is CCCc1nc(NN)cc(Nc2cc(C)ccc2C)n1. The molecule has 0 aliphatic heterocycles. The molecule has 0 amide bonds. The topological polar surface area (TPSA) is 75.9 Å². The molecule has 1 aromatic heterocycles. The molecule has 0 radical (unpaired) electrons. The molecule has 20 heavy (non-hydrogen) atoms. The van der Waals surface area contributed by atoms with Crippen molar-refractivity contribution in [2.24, 2.45) is 5.84 Å². The van der Waals surface area contributed by atoms with Crippen LogP contribution >= 0.6 is 0 Å². The van der Waals surface area contributed by atoms with Crippen LogP contribution < -0.4 is 16.6 Å². The molecule has 1 heterocycles. The van der Waals surface area contributed by atoms with Gasteiger partial charge in [0, 0.05) is 18.2 Å².